The third-order valence-corrected chi connectivity index (χ3v) is 4.79. The summed E-state index contributed by atoms with van der Waals surface area (Å²) in [6, 6.07) is 3.67. The van der Waals surface area contributed by atoms with Gasteiger partial charge >= 0.3 is 0 Å². The molecule has 0 atom stereocenters. The molecule has 0 aliphatic rings. The number of benzene rings is 1. The lowest BCUT2D eigenvalue weighted by molar-refractivity contribution is 0.199. The zero-order valence-corrected chi connectivity index (χ0v) is 13.3. The molecule has 0 aliphatic heterocycles. The number of methoxy groups -OCH3 is 2. The highest BCUT2D eigenvalue weighted by molar-refractivity contribution is 7.92. The topological polar surface area (TPSA) is 125 Å². The van der Waals surface area contributed by atoms with Crippen molar-refractivity contribution in [2.45, 2.75) is 11.3 Å². The SMILES string of the molecule is COCCCS(=O)(=O)Nc1cc(S(N)(=O)=O)ccc1OC. The largest absolute Gasteiger partial charge is 0.495 e. The van der Waals surface area contributed by atoms with Gasteiger partial charge in [-0.25, -0.2) is 22.0 Å². The molecule has 1 rings (SSSR count). The van der Waals surface area contributed by atoms with Crippen LogP contribution in [0.15, 0.2) is 23.1 Å². The summed E-state index contributed by atoms with van der Waals surface area (Å²) < 4.78 is 58.5. The Morgan fingerprint density at radius 2 is 1.86 bits per heavy atom. The van der Waals surface area contributed by atoms with E-state index in [1.807, 2.05) is 0 Å². The average molecular weight is 338 g/mol. The molecule has 0 aliphatic carbocycles. The van der Waals surface area contributed by atoms with Crippen molar-refractivity contribution in [2.24, 2.45) is 5.14 Å². The number of hydrogen-bond donors (Lipinski definition) is 2. The van der Waals surface area contributed by atoms with Gasteiger partial charge in [0.2, 0.25) is 20.0 Å². The van der Waals surface area contributed by atoms with Crippen molar-refractivity contribution in [3.8, 4) is 5.75 Å². The number of anilines is 1. The summed E-state index contributed by atoms with van der Waals surface area (Å²) in [5.74, 6) is 0.0292. The third-order valence-electron chi connectivity index (χ3n) is 2.53. The Hall–Kier alpha value is -1.36. The molecule has 1 aromatic rings. The van der Waals surface area contributed by atoms with E-state index in [0.717, 1.165) is 6.07 Å². The fraction of sp³-hybridized carbons (Fsp3) is 0.455. The molecule has 0 aromatic heterocycles. The van der Waals surface area contributed by atoms with Gasteiger partial charge in [0.15, 0.2) is 0 Å². The molecule has 0 amide bonds. The molecule has 0 radical (unpaired) electrons. The Bertz CT molecular complexity index is 685. The fourth-order valence-corrected chi connectivity index (χ4v) is 3.19. The minimum absolute atomic E-state index is 0.0152. The number of sulfonamides is 2. The molecule has 0 saturated heterocycles. The fourth-order valence-electron chi connectivity index (χ4n) is 1.56. The van der Waals surface area contributed by atoms with E-state index in [4.69, 9.17) is 14.6 Å². The van der Waals surface area contributed by atoms with Gasteiger partial charge in [-0.2, -0.15) is 0 Å². The molecule has 0 bridgehead atoms. The lowest BCUT2D eigenvalue weighted by Crippen LogP contribution is -2.19. The van der Waals surface area contributed by atoms with Crippen LogP contribution in [0.25, 0.3) is 0 Å². The first-order valence-electron chi connectivity index (χ1n) is 5.90. The van der Waals surface area contributed by atoms with Gasteiger partial charge in [0.25, 0.3) is 0 Å². The predicted octanol–water partition coefficient (Wildman–Crippen LogP) is 0.121. The van der Waals surface area contributed by atoms with Crippen LogP contribution >= 0.6 is 0 Å². The molecule has 10 heteroatoms. The van der Waals surface area contributed by atoms with Crippen LogP contribution in [-0.4, -0.2) is 43.4 Å². The highest BCUT2D eigenvalue weighted by Crippen LogP contribution is 2.28. The predicted molar refractivity (Wildman–Crippen MR) is 78.3 cm³/mol. The summed E-state index contributed by atoms with van der Waals surface area (Å²) in [5.41, 5.74) is 0.0152. The second-order valence-corrected chi connectivity index (χ2v) is 7.58. The standard InChI is InChI=1S/C11H18N2O6S2/c1-18-6-3-7-20(14,15)13-10-8-9(21(12,16)17)4-5-11(10)19-2/h4-5,8,13H,3,6-7H2,1-2H3,(H2,12,16,17). The van der Waals surface area contributed by atoms with Crippen LogP contribution in [0.1, 0.15) is 6.42 Å². The number of nitrogens with two attached hydrogens (primary N) is 1. The Labute approximate surface area is 124 Å². The lowest BCUT2D eigenvalue weighted by atomic mass is 10.3. The number of nitrogens with one attached hydrogen (secondary N) is 1. The van der Waals surface area contributed by atoms with Gasteiger partial charge in [-0.05, 0) is 24.6 Å². The van der Waals surface area contributed by atoms with Gasteiger partial charge in [-0.15, -0.1) is 0 Å². The van der Waals surface area contributed by atoms with Crippen LogP contribution < -0.4 is 14.6 Å². The molecule has 3 N–H and O–H groups in total. The van der Waals surface area contributed by atoms with E-state index >= 15 is 0 Å². The molecular formula is C11H18N2O6S2. The molecule has 0 unspecified atom stereocenters. The van der Waals surface area contributed by atoms with E-state index < -0.39 is 20.0 Å². The van der Waals surface area contributed by atoms with Crippen molar-refractivity contribution in [3.63, 3.8) is 0 Å². The van der Waals surface area contributed by atoms with Crippen molar-refractivity contribution < 1.29 is 26.3 Å². The van der Waals surface area contributed by atoms with E-state index in [1.165, 1.54) is 26.4 Å². The smallest absolute Gasteiger partial charge is 0.238 e. The zero-order chi connectivity index (χ0) is 16.1. The summed E-state index contributed by atoms with van der Waals surface area (Å²) in [5, 5.41) is 5.02. The Balaban J connectivity index is 3.05. The van der Waals surface area contributed by atoms with Crippen LogP contribution in [-0.2, 0) is 24.8 Å². The average Bonchev–Trinajstić information content (AvgIpc) is 2.37. The van der Waals surface area contributed by atoms with Crippen LogP contribution in [0.2, 0.25) is 0 Å². The van der Waals surface area contributed by atoms with Gasteiger partial charge in [-0.1, -0.05) is 0 Å². The Morgan fingerprint density at radius 1 is 1.19 bits per heavy atom. The second kappa shape index (κ2) is 7.07. The molecular weight excluding hydrogens is 320 g/mol. The van der Waals surface area contributed by atoms with Crippen LogP contribution in [0, 0.1) is 0 Å². The molecule has 1 aromatic carbocycles. The lowest BCUT2D eigenvalue weighted by Gasteiger charge is -2.12. The summed E-state index contributed by atoms with van der Waals surface area (Å²) in [4.78, 5) is -0.210. The Kier molecular flexibility index (Phi) is 5.96. The van der Waals surface area contributed by atoms with Crippen LogP contribution in [0.3, 0.4) is 0 Å². The molecule has 0 heterocycles. The Morgan fingerprint density at radius 3 is 2.38 bits per heavy atom. The molecule has 0 fully saturated rings. The van der Waals surface area contributed by atoms with Crippen LogP contribution in [0.4, 0.5) is 5.69 Å². The number of rotatable bonds is 8. The van der Waals surface area contributed by atoms with Gasteiger partial charge in [0.1, 0.15) is 5.75 Å². The molecule has 0 saturated carbocycles. The van der Waals surface area contributed by atoms with Crippen molar-refractivity contribution in [1.29, 1.82) is 0 Å². The molecule has 120 valence electrons. The van der Waals surface area contributed by atoms with Crippen molar-refractivity contribution in [1.82, 2.24) is 0 Å². The summed E-state index contributed by atoms with van der Waals surface area (Å²) in [6.45, 7) is 0.301. The first-order valence-corrected chi connectivity index (χ1v) is 9.10. The first-order chi connectivity index (χ1) is 9.69. The highest BCUT2D eigenvalue weighted by Gasteiger charge is 2.17. The van der Waals surface area contributed by atoms with E-state index in [1.54, 1.807) is 0 Å². The summed E-state index contributed by atoms with van der Waals surface area (Å²) in [7, 11) is -4.77. The number of hydrogen-bond acceptors (Lipinski definition) is 6. The number of primary sulfonamides is 1. The maximum atomic E-state index is 11.9. The van der Waals surface area contributed by atoms with Crippen molar-refractivity contribution >= 4 is 25.7 Å². The monoisotopic (exact) mass is 338 g/mol. The van der Waals surface area contributed by atoms with Crippen molar-refractivity contribution in [2.75, 3.05) is 31.3 Å². The zero-order valence-electron chi connectivity index (χ0n) is 11.7. The van der Waals surface area contributed by atoms with E-state index in [0.29, 0.717) is 13.0 Å². The molecule has 0 spiro atoms. The molecule has 21 heavy (non-hydrogen) atoms. The normalized spacial score (nSPS) is 12.1. The minimum Gasteiger partial charge on any atom is -0.495 e. The van der Waals surface area contributed by atoms with Crippen molar-refractivity contribution in [3.05, 3.63) is 18.2 Å². The number of ether oxygens (including phenoxy) is 2. The maximum Gasteiger partial charge on any atom is 0.238 e. The van der Waals surface area contributed by atoms with Gasteiger partial charge in [-0.3, -0.25) is 4.72 Å². The van der Waals surface area contributed by atoms with Gasteiger partial charge < -0.3 is 9.47 Å². The van der Waals surface area contributed by atoms with Gasteiger partial charge in [0.05, 0.1) is 23.4 Å². The third kappa shape index (κ3) is 5.50. The molecule has 8 nitrogen and oxygen atoms in total. The minimum atomic E-state index is -3.94. The van der Waals surface area contributed by atoms with E-state index in [-0.39, 0.29) is 22.1 Å². The summed E-state index contributed by atoms with van der Waals surface area (Å²) >= 11 is 0. The quantitative estimate of drug-likeness (QED) is 0.649. The summed E-state index contributed by atoms with van der Waals surface area (Å²) in [6.07, 6.45) is 0.309. The van der Waals surface area contributed by atoms with Gasteiger partial charge in [0, 0.05) is 13.7 Å². The maximum absolute atomic E-state index is 11.9. The second-order valence-electron chi connectivity index (χ2n) is 4.17. The highest BCUT2D eigenvalue weighted by atomic mass is 32.2. The van der Waals surface area contributed by atoms with E-state index in [9.17, 15) is 16.8 Å². The van der Waals surface area contributed by atoms with E-state index in [2.05, 4.69) is 4.72 Å². The first kappa shape index (κ1) is 17.7. The van der Waals surface area contributed by atoms with Crippen LogP contribution in [0.5, 0.6) is 5.75 Å².